The highest BCUT2D eigenvalue weighted by Gasteiger charge is 2.67. The number of anilines is 1. The molecule has 2 heterocycles. The van der Waals surface area contributed by atoms with Gasteiger partial charge in [-0.3, -0.25) is 0 Å². The minimum absolute atomic E-state index is 0.0518. The van der Waals surface area contributed by atoms with E-state index < -0.39 is 6.10 Å². The van der Waals surface area contributed by atoms with Crippen molar-refractivity contribution in [1.29, 1.82) is 0 Å². The second kappa shape index (κ2) is 4.50. The average Bonchev–Trinajstić information content (AvgIpc) is 2.98. The maximum absolute atomic E-state index is 10.2. The van der Waals surface area contributed by atoms with Crippen molar-refractivity contribution in [3.8, 4) is 0 Å². The lowest BCUT2D eigenvalue weighted by Crippen LogP contribution is -2.22. The third kappa shape index (κ3) is 1.75. The summed E-state index contributed by atoms with van der Waals surface area (Å²) in [5, 5.41) is 22.9. The Morgan fingerprint density at radius 1 is 1.52 bits per heavy atom. The summed E-state index contributed by atoms with van der Waals surface area (Å²) in [4.78, 5) is 13.3. The first-order chi connectivity index (χ1) is 10.1. The molecule has 0 amide bonds. The summed E-state index contributed by atoms with van der Waals surface area (Å²) in [6.45, 7) is 0.0518. The lowest BCUT2D eigenvalue weighted by Gasteiger charge is -2.16. The summed E-state index contributed by atoms with van der Waals surface area (Å²) in [5.41, 5.74) is 1.24. The number of hydrogen-bond acceptors (Lipinski definition) is 6. The number of aliphatic hydroxyl groups is 2. The number of hydrogen-bond donors (Lipinski definition) is 3. The smallest absolute Gasteiger partial charge is 0.194 e. The van der Waals surface area contributed by atoms with Crippen molar-refractivity contribution in [3.63, 3.8) is 0 Å². The van der Waals surface area contributed by atoms with Crippen molar-refractivity contribution >= 4 is 39.6 Å². The number of halogens is 1. The second-order valence-corrected chi connectivity index (χ2v) is 6.90. The molecule has 8 heteroatoms. The van der Waals surface area contributed by atoms with Crippen LogP contribution >= 0.6 is 22.6 Å². The number of imidazole rings is 1. The Hall–Kier alpha value is -1.00. The Morgan fingerprint density at radius 2 is 2.33 bits per heavy atom. The van der Waals surface area contributed by atoms with Crippen LogP contribution in [0.15, 0.2) is 6.33 Å². The predicted octanol–water partition coefficient (Wildman–Crippen LogP) is 0.777. The van der Waals surface area contributed by atoms with Crippen LogP contribution in [0.25, 0.3) is 11.2 Å². The number of nitrogens with one attached hydrogen (secondary N) is 1. The first-order valence-corrected chi connectivity index (χ1v) is 8.05. The Morgan fingerprint density at radius 3 is 2.95 bits per heavy atom. The van der Waals surface area contributed by atoms with Gasteiger partial charge in [0.25, 0.3) is 0 Å². The maximum Gasteiger partial charge on any atom is 0.194 e. The number of aromatic nitrogens is 4. The fourth-order valence-corrected chi connectivity index (χ4v) is 4.25. The van der Waals surface area contributed by atoms with Crippen LogP contribution in [0.3, 0.4) is 0 Å². The van der Waals surface area contributed by atoms with E-state index in [4.69, 9.17) is 0 Å². The van der Waals surface area contributed by atoms with E-state index in [1.165, 1.54) is 0 Å². The quantitative estimate of drug-likeness (QED) is 0.520. The van der Waals surface area contributed by atoms with Gasteiger partial charge < -0.3 is 20.1 Å². The van der Waals surface area contributed by atoms with E-state index in [0.29, 0.717) is 22.0 Å². The van der Waals surface area contributed by atoms with Gasteiger partial charge in [0.05, 0.1) is 19.0 Å². The number of nitrogens with zero attached hydrogens (tertiary/aromatic N) is 4. The van der Waals surface area contributed by atoms with Crippen molar-refractivity contribution in [2.75, 3.05) is 19.0 Å². The van der Waals surface area contributed by atoms with Crippen LogP contribution in [-0.4, -0.2) is 49.5 Å². The first kappa shape index (κ1) is 13.6. The summed E-state index contributed by atoms with van der Waals surface area (Å²) in [5.74, 6) is 1.02. The third-order valence-electron chi connectivity index (χ3n) is 5.05. The molecule has 0 spiro atoms. The van der Waals surface area contributed by atoms with Crippen molar-refractivity contribution in [3.05, 3.63) is 10.2 Å². The van der Waals surface area contributed by atoms with Crippen LogP contribution in [0.5, 0.6) is 0 Å². The summed E-state index contributed by atoms with van der Waals surface area (Å²) < 4.78 is 2.70. The topological polar surface area (TPSA) is 96.1 Å². The highest BCUT2D eigenvalue weighted by molar-refractivity contribution is 14.1. The molecule has 2 aromatic heterocycles. The fourth-order valence-electron chi connectivity index (χ4n) is 3.78. The van der Waals surface area contributed by atoms with Crippen LogP contribution in [-0.2, 0) is 0 Å². The van der Waals surface area contributed by atoms with Crippen molar-refractivity contribution < 1.29 is 10.2 Å². The third-order valence-corrected chi connectivity index (χ3v) is 5.54. The number of aliphatic hydroxyl groups excluding tert-OH is 2. The van der Waals surface area contributed by atoms with Gasteiger partial charge in [-0.1, -0.05) is 0 Å². The van der Waals surface area contributed by atoms with Gasteiger partial charge in [0, 0.05) is 41.1 Å². The largest absolute Gasteiger partial charge is 0.396 e. The number of fused-ring (bicyclic) bond motifs is 2. The zero-order valence-corrected chi connectivity index (χ0v) is 13.6. The van der Waals surface area contributed by atoms with Crippen LogP contribution < -0.4 is 5.32 Å². The Bertz CT molecular complexity index is 720. The zero-order chi connectivity index (χ0) is 14.8. The van der Waals surface area contributed by atoms with Crippen molar-refractivity contribution in [2.45, 2.75) is 25.0 Å². The van der Waals surface area contributed by atoms with E-state index in [2.05, 4.69) is 42.9 Å². The van der Waals surface area contributed by atoms with E-state index in [0.717, 1.165) is 17.6 Å². The Balaban J connectivity index is 1.81. The van der Waals surface area contributed by atoms with Gasteiger partial charge in [-0.15, -0.1) is 0 Å². The molecule has 4 atom stereocenters. The molecule has 0 bridgehead atoms. The monoisotopic (exact) mass is 401 g/mol. The second-order valence-electron chi connectivity index (χ2n) is 5.94. The van der Waals surface area contributed by atoms with Gasteiger partial charge in [-0.25, -0.2) is 15.0 Å². The van der Waals surface area contributed by atoms with Crippen LogP contribution in [0.1, 0.15) is 18.9 Å². The minimum Gasteiger partial charge on any atom is -0.396 e. The van der Waals surface area contributed by atoms with Crippen LogP contribution in [0, 0.1) is 15.2 Å². The zero-order valence-electron chi connectivity index (χ0n) is 11.5. The Labute approximate surface area is 134 Å². The predicted molar refractivity (Wildman–Crippen MR) is 84.9 cm³/mol. The molecule has 21 heavy (non-hydrogen) atoms. The SMILES string of the molecule is CNc1nc(I)nc2c1ncn2C1CC(O)C2(CO)CC12. The summed E-state index contributed by atoms with van der Waals surface area (Å²) >= 11 is 2.09. The average molecular weight is 401 g/mol. The van der Waals surface area contributed by atoms with Crippen LogP contribution in [0.2, 0.25) is 0 Å². The molecule has 2 aliphatic rings. The molecule has 4 rings (SSSR count). The molecule has 7 nitrogen and oxygen atoms in total. The van der Waals surface area contributed by atoms with Crippen molar-refractivity contribution in [1.82, 2.24) is 19.5 Å². The van der Waals surface area contributed by atoms with Gasteiger partial charge in [-0.2, -0.15) is 0 Å². The van der Waals surface area contributed by atoms with E-state index in [-0.39, 0.29) is 18.1 Å². The highest BCUT2D eigenvalue weighted by Crippen LogP contribution is 2.67. The molecule has 0 radical (unpaired) electrons. The normalized spacial score (nSPS) is 34.2. The molecule has 2 saturated carbocycles. The molecule has 0 aromatic carbocycles. The molecule has 4 unspecified atom stereocenters. The van der Waals surface area contributed by atoms with Gasteiger partial charge in [-0.05, 0) is 18.8 Å². The van der Waals surface area contributed by atoms with E-state index in [1.54, 1.807) is 6.33 Å². The highest BCUT2D eigenvalue weighted by atomic mass is 127. The standard InChI is InChI=1S/C13H16IN5O2/c1-15-10-9-11(18-12(14)17-10)19(5-16-9)7-2-8(21)13(4-20)3-6(7)13/h5-8,20-21H,2-4H2,1H3,(H,15,17,18). The summed E-state index contributed by atoms with van der Waals surface area (Å²) in [7, 11) is 1.81. The molecule has 112 valence electrons. The maximum atomic E-state index is 10.2. The van der Waals surface area contributed by atoms with Gasteiger partial charge in [0.15, 0.2) is 20.8 Å². The lowest BCUT2D eigenvalue weighted by atomic mass is 10.0. The molecule has 0 aliphatic heterocycles. The van der Waals surface area contributed by atoms with Gasteiger partial charge in [0.2, 0.25) is 0 Å². The minimum atomic E-state index is -0.445. The fraction of sp³-hybridized carbons (Fsp3) is 0.615. The van der Waals surface area contributed by atoms with Crippen LogP contribution in [0.4, 0.5) is 5.82 Å². The molecular formula is C13H16IN5O2. The molecular weight excluding hydrogens is 385 g/mol. The van der Waals surface area contributed by atoms with Gasteiger partial charge >= 0.3 is 0 Å². The van der Waals surface area contributed by atoms with Crippen molar-refractivity contribution in [2.24, 2.45) is 11.3 Å². The molecule has 2 aliphatic carbocycles. The molecule has 2 aromatic rings. The summed E-state index contributed by atoms with van der Waals surface area (Å²) in [6, 6.07) is 0.146. The van der Waals surface area contributed by atoms with E-state index in [9.17, 15) is 10.2 Å². The molecule has 3 N–H and O–H groups in total. The van der Waals surface area contributed by atoms with E-state index >= 15 is 0 Å². The molecule has 2 fully saturated rings. The Kier molecular flexibility index (Phi) is 2.92. The summed E-state index contributed by atoms with van der Waals surface area (Å²) in [6.07, 6.45) is 2.85. The van der Waals surface area contributed by atoms with E-state index in [1.807, 2.05) is 11.6 Å². The molecule has 0 saturated heterocycles. The first-order valence-electron chi connectivity index (χ1n) is 6.97. The lowest BCUT2D eigenvalue weighted by molar-refractivity contribution is 0.0600. The number of rotatable bonds is 3. The van der Waals surface area contributed by atoms with Gasteiger partial charge in [0.1, 0.15) is 0 Å².